The molecule has 9 rings (SSSR count). The second kappa shape index (κ2) is 8.54. The molecular formula is C38H25N3. The summed E-state index contributed by atoms with van der Waals surface area (Å²) in [5, 5.41) is 0. The van der Waals surface area contributed by atoms with Crippen molar-refractivity contribution in [2.75, 3.05) is 0 Å². The molecule has 0 spiro atoms. The van der Waals surface area contributed by atoms with Crippen LogP contribution in [0.3, 0.4) is 0 Å². The zero-order chi connectivity index (χ0) is 26.9. The first-order chi connectivity index (χ1) is 20.3. The van der Waals surface area contributed by atoms with Crippen LogP contribution in [0.25, 0.3) is 55.8 Å². The van der Waals surface area contributed by atoms with E-state index in [1.54, 1.807) is 0 Å². The molecule has 0 fully saturated rings. The molecule has 3 nitrogen and oxygen atoms in total. The number of hydrogen-bond donors (Lipinski definition) is 0. The third-order valence-corrected chi connectivity index (χ3v) is 8.61. The predicted octanol–water partition coefficient (Wildman–Crippen LogP) is 9.26. The summed E-state index contributed by atoms with van der Waals surface area (Å²) < 4.78 is 4.54. The van der Waals surface area contributed by atoms with Crippen molar-refractivity contribution in [2.45, 2.75) is 5.92 Å². The lowest BCUT2D eigenvalue weighted by molar-refractivity contribution is 1.02. The topological polar surface area (TPSA) is 22.2 Å². The SMILES string of the molecule is c1ccc(C2c3ccccc3-c3cc(-c4ccc5c(c4)nc4n(-c6ccccc6)c6ccccc6n54)ccc32)cc1. The Morgan fingerprint density at radius 3 is 2.00 bits per heavy atom. The van der Waals surface area contributed by atoms with E-state index < -0.39 is 0 Å². The maximum absolute atomic E-state index is 5.20. The minimum Gasteiger partial charge on any atom is -0.278 e. The molecule has 0 bridgehead atoms. The number of hydrogen-bond acceptors (Lipinski definition) is 1. The highest BCUT2D eigenvalue weighted by atomic mass is 15.2. The van der Waals surface area contributed by atoms with E-state index in [1.165, 1.54) is 38.9 Å². The fourth-order valence-corrected chi connectivity index (χ4v) is 6.80. The number of imidazole rings is 2. The summed E-state index contributed by atoms with van der Waals surface area (Å²) in [5.74, 6) is 1.19. The van der Waals surface area contributed by atoms with Crippen LogP contribution in [0.1, 0.15) is 22.6 Å². The highest BCUT2D eigenvalue weighted by Gasteiger charge is 2.29. The molecule has 192 valence electrons. The second-order valence-corrected chi connectivity index (χ2v) is 10.8. The standard InChI is InChI=1S/C38H25N3/c1-3-11-25(12-4-1)37-30-16-8-7-15-29(30)32-23-26(19-21-31(32)37)27-20-22-34-33(24-27)39-38-40(28-13-5-2-6-14-28)35-17-9-10-18-36(35)41(34)38/h1-24,37H. The Hall–Kier alpha value is -5.41. The molecule has 0 saturated carbocycles. The van der Waals surface area contributed by atoms with Gasteiger partial charge >= 0.3 is 0 Å². The first-order valence-electron chi connectivity index (χ1n) is 14.1. The Morgan fingerprint density at radius 2 is 1.15 bits per heavy atom. The van der Waals surface area contributed by atoms with Gasteiger partial charge in [-0.05, 0) is 81.4 Å². The summed E-state index contributed by atoms with van der Waals surface area (Å²) in [7, 11) is 0. The van der Waals surface area contributed by atoms with Crippen molar-refractivity contribution >= 4 is 27.8 Å². The molecule has 3 heteroatoms. The lowest BCUT2D eigenvalue weighted by Crippen LogP contribution is -1.98. The van der Waals surface area contributed by atoms with Gasteiger partial charge in [-0.2, -0.15) is 0 Å². The Morgan fingerprint density at radius 1 is 0.488 bits per heavy atom. The first-order valence-corrected chi connectivity index (χ1v) is 14.1. The second-order valence-electron chi connectivity index (χ2n) is 10.8. The Labute approximate surface area is 237 Å². The van der Waals surface area contributed by atoms with Crippen LogP contribution in [0.15, 0.2) is 146 Å². The van der Waals surface area contributed by atoms with Gasteiger partial charge in [0, 0.05) is 11.6 Å². The molecule has 41 heavy (non-hydrogen) atoms. The van der Waals surface area contributed by atoms with Gasteiger partial charge in [-0.15, -0.1) is 0 Å². The Balaban J connectivity index is 1.22. The first kappa shape index (κ1) is 22.4. The molecule has 2 heterocycles. The van der Waals surface area contributed by atoms with Gasteiger partial charge in [0.05, 0.1) is 22.1 Å². The molecule has 1 unspecified atom stereocenters. The van der Waals surface area contributed by atoms with Crippen LogP contribution >= 0.6 is 0 Å². The van der Waals surface area contributed by atoms with Crippen LogP contribution in [0, 0.1) is 0 Å². The molecule has 1 aliphatic rings. The van der Waals surface area contributed by atoms with E-state index in [4.69, 9.17) is 4.98 Å². The van der Waals surface area contributed by atoms with E-state index in [9.17, 15) is 0 Å². The van der Waals surface area contributed by atoms with Gasteiger partial charge in [-0.1, -0.05) is 103 Å². The summed E-state index contributed by atoms with van der Waals surface area (Å²) in [5.41, 5.74) is 14.7. The van der Waals surface area contributed by atoms with Crippen LogP contribution in [0.4, 0.5) is 0 Å². The zero-order valence-electron chi connectivity index (χ0n) is 22.3. The molecule has 0 N–H and O–H groups in total. The van der Waals surface area contributed by atoms with Crippen molar-refractivity contribution in [1.82, 2.24) is 14.0 Å². The van der Waals surface area contributed by atoms with E-state index in [0.717, 1.165) is 33.5 Å². The molecule has 2 aromatic heterocycles. The molecular weight excluding hydrogens is 498 g/mol. The average Bonchev–Trinajstić information content (AvgIpc) is 3.68. The fourth-order valence-electron chi connectivity index (χ4n) is 6.80. The van der Waals surface area contributed by atoms with Gasteiger partial charge in [0.25, 0.3) is 0 Å². The molecule has 1 aliphatic carbocycles. The number of fused-ring (bicyclic) bond motifs is 8. The van der Waals surface area contributed by atoms with E-state index in [-0.39, 0.29) is 5.92 Å². The van der Waals surface area contributed by atoms with E-state index >= 15 is 0 Å². The number of para-hydroxylation sites is 3. The number of aromatic nitrogens is 3. The van der Waals surface area contributed by atoms with Crippen molar-refractivity contribution < 1.29 is 0 Å². The number of rotatable bonds is 3. The van der Waals surface area contributed by atoms with Crippen molar-refractivity contribution in [1.29, 1.82) is 0 Å². The summed E-state index contributed by atoms with van der Waals surface area (Å²) in [6, 6.07) is 52.4. The van der Waals surface area contributed by atoms with Crippen molar-refractivity contribution in [3.05, 3.63) is 162 Å². The van der Waals surface area contributed by atoms with Gasteiger partial charge in [0.2, 0.25) is 5.78 Å². The molecule has 1 atom stereocenters. The van der Waals surface area contributed by atoms with Gasteiger partial charge in [0.15, 0.2) is 0 Å². The molecule has 6 aromatic carbocycles. The van der Waals surface area contributed by atoms with Gasteiger partial charge in [-0.3, -0.25) is 8.97 Å². The van der Waals surface area contributed by atoms with Crippen molar-refractivity contribution in [3.63, 3.8) is 0 Å². The third kappa shape index (κ3) is 3.23. The number of benzene rings is 6. The minimum absolute atomic E-state index is 0.263. The minimum atomic E-state index is 0.263. The fraction of sp³-hybridized carbons (Fsp3) is 0.0263. The van der Waals surface area contributed by atoms with E-state index in [1.807, 2.05) is 0 Å². The van der Waals surface area contributed by atoms with Crippen molar-refractivity contribution in [2.24, 2.45) is 0 Å². The number of nitrogens with zero attached hydrogens (tertiary/aromatic N) is 3. The van der Waals surface area contributed by atoms with E-state index in [0.29, 0.717) is 0 Å². The lowest BCUT2D eigenvalue weighted by atomic mass is 9.89. The molecule has 8 aromatic rings. The summed E-state index contributed by atoms with van der Waals surface area (Å²) in [6.45, 7) is 0. The van der Waals surface area contributed by atoms with Crippen molar-refractivity contribution in [3.8, 4) is 27.9 Å². The maximum Gasteiger partial charge on any atom is 0.220 e. The highest BCUT2D eigenvalue weighted by Crippen LogP contribution is 2.49. The van der Waals surface area contributed by atoms with Crippen LogP contribution in [0.2, 0.25) is 0 Å². The summed E-state index contributed by atoms with van der Waals surface area (Å²) in [4.78, 5) is 5.20. The maximum atomic E-state index is 5.20. The summed E-state index contributed by atoms with van der Waals surface area (Å²) >= 11 is 0. The van der Waals surface area contributed by atoms with Gasteiger partial charge in [0.1, 0.15) is 0 Å². The molecule has 0 radical (unpaired) electrons. The highest BCUT2D eigenvalue weighted by molar-refractivity contribution is 5.94. The quantitative estimate of drug-likeness (QED) is 0.226. The smallest absolute Gasteiger partial charge is 0.220 e. The predicted molar refractivity (Wildman–Crippen MR) is 168 cm³/mol. The average molecular weight is 524 g/mol. The van der Waals surface area contributed by atoms with Crippen LogP contribution in [-0.2, 0) is 0 Å². The monoisotopic (exact) mass is 523 g/mol. The largest absolute Gasteiger partial charge is 0.278 e. The molecule has 0 saturated heterocycles. The van der Waals surface area contributed by atoms with E-state index in [2.05, 4.69) is 155 Å². The Kier molecular flexibility index (Phi) is 4.67. The lowest BCUT2D eigenvalue weighted by Gasteiger charge is -2.14. The normalized spacial score (nSPS) is 14.1. The zero-order valence-corrected chi connectivity index (χ0v) is 22.3. The van der Waals surface area contributed by atoms with Gasteiger partial charge in [-0.25, -0.2) is 4.98 Å². The van der Waals surface area contributed by atoms with Crippen LogP contribution < -0.4 is 0 Å². The van der Waals surface area contributed by atoms with Crippen LogP contribution in [0.5, 0.6) is 0 Å². The van der Waals surface area contributed by atoms with Crippen LogP contribution in [-0.4, -0.2) is 14.0 Å². The molecule has 0 aliphatic heterocycles. The summed E-state index contributed by atoms with van der Waals surface area (Å²) in [6.07, 6.45) is 0. The third-order valence-electron chi connectivity index (χ3n) is 8.61. The Bertz CT molecular complexity index is 2260. The van der Waals surface area contributed by atoms with Gasteiger partial charge < -0.3 is 0 Å². The molecule has 0 amide bonds.